The number of aliphatic hydroxyl groups is 1. The molecule has 0 heterocycles. The molecule has 130 valence electrons. The van der Waals surface area contributed by atoms with Crippen molar-refractivity contribution in [2.75, 3.05) is 6.54 Å². The predicted octanol–water partition coefficient (Wildman–Crippen LogP) is 3.46. The second-order valence-corrected chi connectivity index (χ2v) is 8.14. The molecule has 0 aliphatic carbocycles. The Labute approximate surface area is 136 Å². The monoisotopic (exact) mass is 345 g/mol. The predicted molar refractivity (Wildman–Crippen MR) is 87.0 cm³/mol. The lowest BCUT2D eigenvalue weighted by Crippen LogP contribution is -2.37. The Morgan fingerprint density at radius 1 is 1.17 bits per heavy atom. The molecule has 7 nitrogen and oxygen atoms in total. The second-order valence-electron chi connectivity index (χ2n) is 5.98. The summed E-state index contributed by atoms with van der Waals surface area (Å²) >= 11 is 0. The summed E-state index contributed by atoms with van der Waals surface area (Å²) in [6.07, 6.45) is -1.08. The van der Waals surface area contributed by atoms with Gasteiger partial charge in [-0.15, -0.1) is 0 Å². The van der Waals surface area contributed by atoms with Crippen LogP contribution in [0.5, 0.6) is 0 Å². The summed E-state index contributed by atoms with van der Waals surface area (Å²) in [4.78, 5) is 10.4. The van der Waals surface area contributed by atoms with Crippen LogP contribution in [0.4, 0.5) is 0 Å². The first kappa shape index (κ1) is 19.8. The summed E-state index contributed by atoms with van der Waals surface area (Å²) in [7, 11) is -4.23. The van der Waals surface area contributed by atoms with Crippen molar-refractivity contribution in [2.45, 2.75) is 52.2 Å². The van der Waals surface area contributed by atoms with Gasteiger partial charge in [0.1, 0.15) is 0 Å². The number of rotatable bonds is 8. The molecule has 0 saturated carbocycles. The third kappa shape index (κ3) is 4.85. The van der Waals surface area contributed by atoms with Gasteiger partial charge < -0.3 is 14.2 Å². The number of nitro groups is 1. The zero-order valence-electron chi connectivity index (χ0n) is 14.1. The fourth-order valence-corrected chi connectivity index (χ4v) is 4.35. The fraction of sp³-hybridized carbons (Fsp3) is 0.600. The average Bonchev–Trinajstić information content (AvgIpc) is 2.36. The van der Waals surface area contributed by atoms with Crippen molar-refractivity contribution < 1.29 is 23.6 Å². The summed E-state index contributed by atoms with van der Waals surface area (Å²) in [6.45, 7) is 7.35. The SMILES string of the molecule is Cc1ccc(C(O)(C[N+](=O)[O-])P(=O)(OC(C)C)OC(C)C)cc1. The maximum atomic E-state index is 13.3. The van der Waals surface area contributed by atoms with Crippen LogP contribution in [0.25, 0.3) is 0 Å². The highest BCUT2D eigenvalue weighted by atomic mass is 31.2. The number of benzene rings is 1. The second kappa shape index (κ2) is 7.53. The molecule has 0 radical (unpaired) electrons. The van der Waals surface area contributed by atoms with E-state index in [0.717, 1.165) is 5.56 Å². The first-order chi connectivity index (χ1) is 10.5. The smallest absolute Gasteiger partial charge is 0.368 e. The Morgan fingerprint density at radius 3 is 1.96 bits per heavy atom. The summed E-state index contributed by atoms with van der Waals surface area (Å²) in [5, 5.41) is 19.7. The van der Waals surface area contributed by atoms with Crippen molar-refractivity contribution in [1.82, 2.24) is 0 Å². The molecular formula is C15H24NO6P. The Hall–Kier alpha value is -1.27. The van der Waals surface area contributed by atoms with Crippen LogP contribution in [0.3, 0.4) is 0 Å². The van der Waals surface area contributed by atoms with Crippen LogP contribution in [-0.2, 0) is 19.0 Å². The van der Waals surface area contributed by atoms with Crippen LogP contribution < -0.4 is 0 Å². The van der Waals surface area contributed by atoms with Gasteiger partial charge >= 0.3 is 7.60 Å². The maximum Gasteiger partial charge on any atom is 0.374 e. The van der Waals surface area contributed by atoms with Crippen molar-refractivity contribution in [3.05, 3.63) is 45.5 Å². The molecule has 0 aromatic heterocycles. The molecule has 1 unspecified atom stereocenters. The zero-order valence-corrected chi connectivity index (χ0v) is 14.9. The van der Waals surface area contributed by atoms with Crippen molar-refractivity contribution in [3.8, 4) is 0 Å². The molecule has 1 aromatic carbocycles. The van der Waals surface area contributed by atoms with Gasteiger partial charge in [-0.1, -0.05) is 29.8 Å². The van der Waals surface area contributed by atoms with E-state index in [0.29, 0.717) is 0 Å². The lowest BCUT2D eigenvalue weighted by Gasteiger charge is -2.34. The zero-order chi connectivity index (χ0) is 17.8. The van der Waals surface area contributed by atoms with E-state index in [2.05, 4.69) is 0 Å². The van der Waals surface area contributed by atoms with Crippen molar-refractivity contribution in [1.29, 1.82) is 0 Å². The van der Waals surface area contributed by atoms with E-state index in [1.807, 2.05) is 6.92 Å². The standard InChI is InChI=1S/C15H24NO6P/c1-11(2)21-23(20,22-12(3)4)15(17,10-16(18)19)14-8-6-13(5)7-9-14/h6-9,11-12,17H,10H2,1-5H3. The fourth-order valence-electron chi connectivity index (χ4n) is 2.09. The highest BCUT2D eigenvalue weighted by molar-refractivity contribution is 7.55. The quantitative estimate of drug-likeness (QED) is 0.440. The van der Waals surface area contributed by atoms with Gasteiger partial charge in [-0.25, -0.2) is 0 Å². The summed E-state index contributed by atoms with van der Waals surface area (Å²) in [5.41, 5.74) is 1.03. The molecule has 1 rings (SSSR count). The molecule has 8 heteroatoms. The number of aryl methyl sites for hydroxylation is 1. The maximum absolute atomic E-state index is 13.3. The van der Waals surface area contributed by atoms with Crippen molar-refractivity contribution in [2.24, 2.45) is 0 Å². The summed E-state index contributed by atoms with van der Waals surface area (Å²) in [6, 6.07) is 6.35. The Bertz CT molecular complexity index is 572. The highest BCUT2D eigenvalue weighted by Gasteiger charge is 2.56. The molecule has 0 saturated heterocycles. The molecule has 0 fully saturated rings. The lowest BCUT2D eigenvalue weighted by molar-refractivity contribution is -0.496. The topological polar surface area (TPSA) is 98.9 Å². The van der Waals surface area contributed by atoms with E-state index in [1.54, 1.807) is 39.8 Å². The van der Waals surface area contributed by atoms with Gasteiger partial charge in [0.2, 0.25) is 6.54 Å². The number of nitrogens with zero attached hydrogens (tertiary/aromatic N) is 1. The van der Waals surface area contributed by atoms with E-state index >= 15 is 0 Å². The van der Waals surface area contributed by atoms with Crippen LogP contribution in [0.15, 0.2) is 24.3 Å². The Balaban J connectivity index is 3.47. The molecular weight excluding hydrogens is 321 g/mol. The van der Waals surface area contributed by atoms with Crippen LogP contribution in [-0.4, -0.2) is 28.8 Å². The minimum atomic E-state index is -4.23. The Morgan fingerprint density at radius 2 is 1.61 bits per heavy atom. The molecule has 0 aliphatic heterocycles. The first-order valence-corrected chi connectivity index (χ1v) is 8.92. The van der Waals surface area contributed by atoms with Gasteiger partial charge in [0.15, 0.2) is 0 Å². The molecule has 0 bridgehead atoms. The van der Waals surface area contributed by atoms with Gasteiger partial charge in [0, 0.05) is 10.5 Å². The average molecular weight is 345 g/mol. The van der Waals surface area contributed by atoms with Crippen LogP contribution in [0.2, 0.25) is 0 Å². The molecule has 1 N–H and O–H groups in total. The third-order valence-electron chi connectivity index (χ3n) is 3.02. The molecule has 23 heavy (non-hydrogen) atoms. The highest BCUT2D eigenvalue weighted by Crippen LogP contribution is 2.65. The molecule has 0 spiro atoms. The van der Waals surface area contributed by atoms with E-state index in [4.69, 9.17) is 9.05 Å². The van der Waals surface area contributed by atoms with Gasteiger partial charge in [0.05, 0.1) is 12.2 Å². The third-order valence-corrected chi connectivity index (χ3v) is 5.72. The number of hydrogen-bond donors (Lipinski definition) is 1. The van der Waals surface area contributed by atoms with E-state index in [-0.39, 0.29) is 5.56 Å². The van der Waals surface area contributed by atoms with Gasteiger partial charge in [0.25, 0.3) is 5.34 Å². The Kier molecular flexibility index (Phi) is 6.48. The van der Waals surface area contributed by atoms with Gasteiger partial charge in [-0.2, -0.15) is 0 Å². The van der Waals surface area contributed by atoms with Crippen LogP contribution in [0, 0.1) is 17.0 Å². The van der Waals surface area contributed by atoms with Gasteiger partial charge in [-0.3, -0.25) is 14.7 Å². The van der Waals surface area contributed by atoms with Crippen LogP contribution >= 0.6 is 7.60 Å². The number of hydrogen-bond acceptors (Lipinski definition) is 6. The molecule has 1 atom stereocenters. The van der Waals surface area contributed by atoms with Crippen molar-refractivity contribution >= 4 is 7.60 Å². The minimum absolute atomic E-state index is 0.129. The van der Waals surface area contributed by atoms with E-state index < -0.39 is 36.6 Å². The molecule has 0 aliphatic rings. The van der Waals surface area contributed by atoms with E-state index in [1.165, 1.54) is 12.1 Å². The van der Waals surface area contributed by atoms with Crippen molar-refractivity contribution in [3.63, 3.8) is 0 Å². The minimum Gasteiger partial charge on any atom is -0.368 e. The lowest BCUT2D eigenvalue weighted by atomic mass is 10.1. The van der Waals surface area contributed by atoms with Gasteiger partial charge in [-0.05, 0) is 34.6 Å². The van der Waals surface area contributed by atoms with Crippen LogP contribution in [0.1, 0.15) is 38.8 Å². The summed E-state index contributed by atoms with van der Waals surface area (Å²) < 4.78 is 24.0. The normalized spacial score (nSPS) is 15.0. The molecule has 1 aromatic rings. The van der Waals surface area contributed by atoms with E-state index in [9.17, 15) is 19.8 Å². The summed E-state index contributed by atoms with van der Waals surface area (Å²) in [5.74, 6) is 0. The first-order valence-electron chi connectivity index (χ1n) is 7.38. The largest absolute Gasteiger partial charge is 0.374 e. The molecule has 0 amide bonds.